The third-order valence-corrected chi connectivity index (χ3v) is 3.61. The Kier molecular flexibility index (Phi) is 3.57. The summed E-state index contributed by atoms with van der Waals surface area (Å²) in [6.45, 7) is 0.781. The normalized spacial score (nSPS) is 14.7. The number of carboxylic acid groups (broad SMARTS) is 1. The lowest BCUT2D eigenvalue weighted by Crippen LogP contribution is -2.52. The number of nitrogens with one attached hydrogen (secondary N) is 1. The van der Waals surface area contributed by atoms with Gasteiger partial charge in [-0.15, -0.1) is 0 Å². The topological polar surface area (TPSA) is 105 Å². The van der Waals surface area contributed by atoms with Crippen LogP contribution in [0.25, 0.3) is 11.3 Å². The number of amides is 2. The number of nitrogens with zero attached hydrogens (tertiary/aromatic N) is 3. The summed E-state index contributed by atoms with van der Waals surface area (Å²) in [7, 11) is 1.65. The summed E-state index contributed by atoms with van der Waals surface area (Å²) in [5.74, 6) is -2.34. The molecule has 1 saturated heterocycles. The molecular weight excluding hydrogens is 300 g/mol. The second kappa shape index (κ2) is 5.56. The molecule has 0 bridgehead atoms. The van der Waals surface area contributed by atoms with E-state index >= 15 is 0 Å². The van der Waals surface area contributed by atoms with Crippen LogP contribution in [0.5, 0.6) is 0 Å². The van der Waals surface area contributed by atoms with Crippen molar-refractivity contribution in [3.05, 3.63) is 36.0 Å². The molecule has 23 heavy (non-hydrogen) atoms. The van der Waals surface area contributed by atoms with Gasteiger partial charge in [-0.25, -0.2) is 4.79 Å². The van der Waals surface area contributed by atoms with Crippen molar-refractivity contribution < 1.29 is 19.5 Å². The van der Waals surface area contributed by atoms with Crippen LogP contribution in [0, 0.1) is 0 Å². The number of carbonyl (C=O) groups excluding carboxylic acids is 2. The first-order chi connectivity index (χ1) is 11.0. The fourth-order valence-corrected chi connectivity index (χ4v) is 2.50. The number of hydrogen-bond acceptors (Lipinski definition) is 4. The Morgan fingerprint density at radius 1 is 1.30 bits per heavy atom. The standard InChI is InChI=1S/C15H14N4O4/c1-18-12(8-11(17-18)15(22)23)9-3-2-4-10(7-9)19-6-5-16-13(20)14(19)21/h2-4,7-8H,5-6H2,1H3,(H,16,20)(H,22,23). The van der Waals surface area contributed by atoms with E-state index in [0.29, 0.717) is 30.0 Å². The Bertz CT molecular complexity index is 812. The third kappa shape index (κ3) is 2.66. The maximum Gasteiger partial charge on any atom is 0.356 e. The van der Waals surface area contributed by atoms with Crippen LogP contribution in [-0.4, -0.2) is 45.8 Å². The number of anilines is 1. The molecule has 2 N–H and O–H groups in total. The summed E-state index contributed by atoms with van der Waals surface area (Å²) in [4.78, 5) is 35.9. The molecule has 2 heterocycles. The van der Waals surface area contributed by atoms with E-state index in [0.717, 1.165) is 0 Å². The van der Waals surface area contributed by atoms with Crippen LogP contribution in [-0.2, 0) is 16.6 Å². The maximum absolute atomic E-state index is 12.0. The highest BCUT2D eigenvalue weighted by molar-refractivity contribution is 6.41. The van der Waals surface area contributed by atoms with Crippen LogP contribution in [0.3, 0.4) is 0 Å². The molecule has 0 saturated carbocycles. The Hall–Kier alpha value is -3.16. The van der Waals surface area contributed by atoms with Gasteiger partial charge in [0, 0.05) is 31.4 Å². The molecule has 1 aliphatic rings. The van der Waals surface area contributed by atoms with Gasteiger partial charge in [0.05, 0.1) is 5.69 Å². The molecule has 2 amide bonds. The number of hydrogen-bond donors (Lipinski definition) is 2. The molecule has 3 rings (SSSR count). The van der Waals surface area contributed by atoms with E-state index in [2.05, 4.69) is 10.4 Å². The van der Waals surface area contributed by atoms with E-state index in [-0.39, 0.29) is 5.69 Å². The minimum absolute atomic E-state index is 0.0543. The average Bonchev–Trinajstić information content (AvgIpc) is 2.92. The molecule has 0 unspecified atom stereocenters. The van der Waals surface area contributed by atoms with Crippen LogP contribution >= 0.6 is 0 Å². The minimum atomic E-state index is -1.11. The summed E-state index contributed by atoms with van der Waals surface area (Å²) < 4.78 is 1.47. The second-order valence-corrected chi connectivity index (χ2v) is 5.11. The third-order valence-electron chi connectivity index (χ3n) is 3.61. The van der Waals surface area contributed by atoms with E-state index in [1.807, 2.05) is 0 Å². The maximum atomic E-state index is 12.0. The van der Waals surface area contributed by atoms with Crippen molar-refractivity contribution in [3.63, 3.8) is 0 Å². The summed E-state index contributed by atoms with van der Waals surface area (Å²) in [5, 5.41) is 15.4. The fraction of sp³-hybridized carbons (Fsp3) is 0.200. The molecule has 0 radical (unpaired) electrons. The molecule has 1 aromatic heterocycles. The Balaban J connectivity index is 1.98. The van der Waals surface area contributed by atoms with E-state index in [1.54, 1.807) is 31.3 Å². The van der Waals surface area contributed by atoms with Crippen LogP contribution in [0.2, 0.25) is 0 Å². The Morgan fingerprint density at radius 2 is 2.09 bits per heavy atom. The summed E-state index contributed by atoms with van der Waals surface area (Å²) in [6.07, 6.45) is 0. The van der Waals surface area contributed by atoms with Gasteiger partial charge in [0.15, 0.2) is 5.69 Å². The zero-order valence-electron chi connectivity index (χ0n) is 12.3. The highest BCUT2D eigenvalue weighted by atomic mass is 16.4. The predicted octanol–water partition coefficient (Wildman–Crippen LogP) is 0.248. The number of aryl methyl sites for hydroxylation is 1. The fourth-order valence-electron chi connectivity index (χ4n) is 2.50. The van der Waals surface area contributed by atoms with E-state index in [4.69, 9.17) is 5.11 Å². The number of carboxylic acids is 1. The molecule has 0 spiro atoms. The van der Waals surface area contributed by atoms with Crippen LogP contribution in [0.15, 0.2) is 30.3 Å². The molecule has 0 aliphatic carbocycles. The lowest BCUT2D eigenvalue weighted by molar-refractivity contribution is -0.138. The van der Waals surface area contributed by atoms with Crippen molar-refractivity contribution in [1.29, 1.82) is 0 Å². The molecule has 8 nitrogen and oxygen atoms in total. The smallest absolute Gasteiger partial charge is 0.356 e. The number of benzene rings is 1. The molecule has 1 fully saturated rings. The number of piperazine rings is 1. The monoisotopic (exact) mass is 314 g/mol. The van der Waals surface area contributed by atoms with Gasteiger partial charge in [0.1, 0.15) is 0 Å². The Labute approximate surface area is 131 Å². The van der Waals surface area contributed by atoms with Crippen molar-refractivity contribution in [2.45, 2.75) is 0 Å². The highest BCUT2D eigenvalue weighted by Gasteiger charge is 2.27. The largest absolute Gasteiger partial charge is 0.476 e. The Morgan fingerprint density at radius 3 is 2.78 bits per heavy atom. The van der Waals surface area contributed by atoms with Crippen molar-refractivity contribution in [1.82, 2.24) is 15.1 Å². The van der Waals surface area contributed by atoms with Gasteiger partial charge in [-0.3, -0.25) is 14.3 Å². The van der Waals surface area contributed by atoms with Crippen molar-refractivity contribution in [2.24, 2.45) is 7.05 Å². The number of carbonyl (C=O) groups is 3. The molecule has 2 aromatic rings. The minimum Gasteiger partial charge on any atom is -0.476 e. The lowest BCUT2D eigenvalue weighted by Gasteiger charge is -2.26. The highest BCUT2D eigenvalue weighted by Crippen LogP contribution is 2.25. The van der Waals surface area contributed by atoms with Crippen LogP contribution in [0.1, 0.15) is 10.5 Å². The first kappa shape index (κ1) is 14.8. The van der Waals surface area contributed by atoms with Gasteiger partial charge in [-0.2, -0.15) is 5.10 Å². The van der Waals surface area contributed by atoms with Gasteiger partial charge >= 0.3 is 17.8 Å². The summed E-state index contributed by atoms with van der Waals surface area (Å²) >= 11 is 0. The average molecular weight is 314 g/mol. The molecule has 118 valence electrons. The van der Waals surface area contributed by atoms with Crippen LogP contribution < -0.4 is 10.2 Å². The zero-order valence-corrected chi connectivity index (χ0v) is 12.3. The lowest BCUT2D eigenvalue weighted by atomic mass is 10.1. The van der Waals surface area contributed by atoms with Gasteiger partial charge in [-0.05, 0) is 18.2 Å². The predicted molar refractivity (Wildman–Crippen MR) is 81.0 cm³/mol. The van der Waals surface area contributed by atoms with Crippen molar-refractivity contribution in [3.8, 4) is 11.3 Å². The molecule has 1 aromatic carbocycles. The quantitative estimate of drug-likeness (QED) is 0.790. The SMILES string of the molecule is Cn1nc(C(=O)O)cc1-c1cccc(N2CCNC(=O)C2=O)c1. The zero-order chi connectivity index (χ0) is 16.6. The number of aromatic carboxylic acids is 1. The number of aromatic nitrogens is 2. The van der Waals surface area contributed by atoms with Crippen molar-refractivity contribution in [2.75, 3.05) is 18.0 Å². The van der Waals surface area contributed by atoms with Crippen molar-refractivity contribution >= 4 is 23.5 Å². The second-order valence-electron chi connectivity index (χ2n) is 5.11. The van der Waals surface area contributed by atoms with Gasteiger partial charge in [-0.1, -0.05) is 12.1 Å². The first-order valence-corrected chi connectivity index (χ1v) is 6.95. The van der Waals surface area contributed by atoms with E-state index < -0.39 is 17.8 Å². The molecular formula is C15H14N4O4. The summed E-state index contributed by atoms with van der Waals surface area (Å²) in [5.41, 5.74) is 1.85. The molecule has 8 heteroatoms. The first-order valence-electron chi connectivity index (χ1n) is 6.95. The van der Waals surface area contributed by atoms with E-state index in [9.17, 15) is 14.4 Å². The van der Waals surface area contributed by atoms with Gasteiger partial charge < -0.3 is 15.3 Å². The van der Waals surface area contributed by atoms with E-state index in [1.165, 1.54) is 15.6 Å². The van der Waals surface area contributed by atoms with Gasteiger partial charge in [0.2, 0.25) is 0 Å². The van der Waals surface area contributed by atoms with Crippen LogP contribution in [0.4, 0.5) is 5.69 Å². The van der Waals surface area contributed by atoms with Gasteiger partial charge in [0.25, 0.3) is 0 Å². The number of rotatable bonds is 3. The molecule has 1 aliphatic heterocycles. The summed E-state index contributed by atoms with van der Waals surface area (Å²) in [6, 6.07) is 8.47. The molecule has 0 atom stereocenters.